The van der Waals surface area contributed by atoms with Crippen molar-refractivity contribution in [2.24, 2.45) is 0 Å². The van der Waals surface area contributed by atoms with Crippen LogP contribution in [0.2, 0.25) is 15.1 Å². The van der Waals surface area contributed by atoms with Crippen LogP contribution in [0.25, 0.3) is 0 Å². The van der Waals surface area contributed by atoms with Gasteiger partial charge in [-0.1, -0.05) is 66.7 Å². The van der Waals surface area contributed by atoms with Crippen molar-refractivity contribution in [1.29, 1.82) is 0 Å². The molecule has 3 rings (SSSR count). The Labute approximate surface area is 246 Å². The molecule has 39 heavy (non-hydrogen) atoms. The predicted molar refractivity (Wildman–Crippen MR) is 159 cm³/mol. The van der Waals surface area contributed by atoms with Gasteiger partial charge in [0.15, 0.2) is 0 Å². The number of rotatable bonds is 12. The van der Waals surface area contributed by atoms with Gasteiger partial charge in [0, 0.05) is 40.6 Å². The molecule has 0 unspecified atom stereocenters. The number of halogens is 3. The molecule has 7 nitrogen and oxygen atoms in total. The molecule has 0 spiro atoms. The van der Waals surface area contributed by atoms with Crippen LogP contribution in [0.1, 0.15) is 63.0 Å². The van der Waals surface area contributed by atoms with E-state index in [9.17, 15) is 18.0 Å². The molecule has 0 aromatic heterocycles. The van der Waals surface area contributed by atoms with Gasteiger partial charge >= 0.3 is 0 Å². The molecule has 0 heterocycles. The number of nitrogens with one attached hydrogen (secondary N) is 1. The third-order valence-corrected chi connectivity index (χ3v) is 9.28. The Hall–Kier alpha value is -2.00. The maximum absolute atomic E-state index is 13.6. The summed E-state index contributed by atoms with van der Waals surface area (Å²) in [6, 6.07) is 9.57. The normalized spacial score (nSPS) is 14.7. The highest BCUT2D eigenvalue weighted by atomic mass is 35.5. The zero-order chi connectivity index (χ0) is 28.7. The first-order chi connectivity index (χ1) is 18.4. The number of anilines is 1. The first-order valence-electron chi connectivity index (χ1n) is 13.2. The Morgan fingerprint density at radius 2 is 1.77 bits per heavy atom. The second-order valence-electron chi connectivity index (χ2n) is 9.99. The summed E-state index contributed by atoms with van der Waals surface area (Å²) in [6.07, 6.45) is 5.87. The first kappa shape index (κ1) is 31.5. The number of carbonyl (C=O) groups is 2. The Bertz CT molecular complexity index is 1280. The van der Waals surface area contributed by atoms with Crippen LogP contribution in [0.15, 0.2) is 36.4 Å². The number of hydrogen-bond acceptors (Lipinski definition) is 4. The second kappa shape index (κ2) is 14.1. The highest BCUT2D eigenvalue weighted by Gasteiger charge is 2.31. The number of carbonyl (C=O) groups excluding carboxylic acids is 2. The minimum absolute atomic E-state index is 0.0457. The molecule has 1 fully saturated rings. The van der Waals surface area contributed by atoms with E-state index in [1.165, 1.54) is 4.31 Å². The Balaban J connectivity index is 1.81. The van der Waals surface area contributed by atoms with Crippen LogP contribution in [-0.2, 0) is 26.2 Å². The van der Waals surface area contributed by atoms with Crippen molar-refractivity contribution in [3.05, 3.63) is 62.6 Å². The highest BCUT2D eigenvalue weighted by Crippen LogP contribution is 2.29. The zero-order valence-electron chi connectivity index (χ0n) is 22.6. The minimum atomic E-state index is -3.63. The quantitative estimate of drug-likeness (QED) is 0.300. The van der Waals surface area contributed by atoms with Gasteiger partial charge in [0.05, 0.1) is 11.9 Å². The fourth-order valence-electron chi connectivity index (χ4n) is 4.97. The number of amides is 2. The van der Waals surface area contributed by atoms with E-state index < -0.39 is 16.1 Å². The van der Waals surface area contributed by atoms with Gasteiger partial charge in [0.2, 0.25) is 21.8 Å². The van der Waals surface area contributed by atoms with Crippen LogP contribution in [0.3, 0.4) is 0 Å². The molecule has 1 N–H and O–H groups in total. The van der Waals surface area contributed by atoms with E-state index in [-0.39, 0.29) is 43.8 Å². The predicted octanol–water partition coefficient (Wildman–Crippen LogP) is 6.37. The number of hydrogen-bond donors (Lipinski definition) is 1. The first-order valence-corrected chi connectivity index (χ1v) is 16.2. The average Bonchev–Trinajstić information content (AvgIpc) is 3.37. The summed E-state index contributed by atoms with van der Waals surface area (Å²) in [7, 11) is -3.63. The smallest absolute Gasteiger partial charge is 0.243 e. The molecule has 0 saturated heterocycles. The lowest BCUT2D eigenvalue weighted by Gasteiger charge is -2.32. The van der Waals surface area contributed by atoms with Crippen molar-refractivity contribution in [3.8, 4) is 0 Å². The van der Waals surface area contributed by atoms with E-state index in [0.29, 0.717) is 38.3 Å². The van der Waals surface area contributed by atoms with Crippen molar-refractivity contribution >= 4 is 62.3 Å². The monoisotopic (exact) mass is 615 g/mol. The molecule has 1 saturated carbocycles. The van der Waals surface area contributed by atoms with Crippen molar-refractivity contribution in [1.82, 2.24) is 10.2 Å². The molecule has 2 aromatic carbocycles. The third kappa shape index (κ3) is 8.49. The Kier molecular flexibility index (Phi) is 11.4. The van der Waals surface area contributed by atoms with Gasteiger partial charge in [-0.25, -0.2) is 8.42 Å². The molecule has 2 aromatic rings. The summed E-state index contributed by atoms with van der Waals surface area (Å²) in [5.41, 5.74) is 1.79. The highest BCUT2D eigenvalue weighted by molar-refractivity contribution is 7.92. The molecule has 1 aliphatic rings. The van der Waals surface area contributed by atoms with Gasteiger partial charge in [-0.3, -0.25) is 13.9 Å². The molecule has 1 atom stereocenters. The Morgan fingerprint density at radius 3 is 2.38 bits per heavy atom. The van der Waals surface area contributed by atoms with Crippen molar-refractivity contribution in [2.45, 2.75) is 77.4 Å². The van der Waals surface area contributed by atoms with Crippen LogP contribution in [0.4, 0.5) is 5.69 Å². The topological polar surface area (TPSA) is 86.8 Å². The molecule has 0 aliphatic heterocycles. The van der Waals surface area contributed by atoms with Gasteiger partial charge in [-0.15, -0.1) is 0 Å². The van der Waals surface area contributed by atoms with E-state index >= 15 is 0 Å². The second-order valence-corrected chi connectivity index (χ2v) is 13.2. The summed E-state index contributed by atoms with van der Waals surface area (Å²) in [5, 5.41) is 4.46. The van der Waals surface area contributed by atoms with Crippen molar-refractivity contribution < 1.29 is 18.0 Å². The zero-order valence-corrected chi connectivity index (χ0v) is 25.6. The fourth-order valence-corrected chi connectivity index (χ4v) is 6.62. The van der Waals surface area contributed by atoms with Crippen LogP contribution >= 0.6 is 34.8 Å². The van der Waals surface area contributed by atoms with Crippen LogP contribution in [-0.4, -0.2) is 50.0 Å². The van der Waals surface area contributed by atoms with Gasteiger partial charge in [-0.2, -0.15) is 0 Å². The molecule has 0 bridgehead atoms. The van der Waals surface area contributed by atoms with E-state index in [2.05, 4.69) is 5.32 Å². The summed E-state index contributed by atoms with van der Waals surface area (Å²) in [4.78, 5) is 28.5. The van der Waals surface area contributed by atoms with Gasteiger partial charge in [-0.05, 0) is 68.0 Å². The van der Waals surface area contributed by atoms with E-state index in [1.54, 1.807) is 48.2 Å². The summed E-state index contributed by atoms with van der Waals surface area (Å²) < 4.78 is 26.5. The summed E-state index contributed by atoms with van der Waals surface area (Å²) in [6.45, 7) is 3.85. The van der Waals surface area contributed by atoms with E-state index in [1.807, 2.05) is 6.92 Å². The largest absolute Gasteiger partial charge is 0.352 e. The summed E-state index contributed by atoms with van der Waals surface area (Å²) >= 11 is 18.7. The van der Waals surface area contributed by atoms with Crippen LogP contribution < -0.4 is 9.62 Å². The molecule has 2 amide bonds. The van der Waals surface area contributed by atoms with Crippen LogP contribution in [0, 0.1) is 6.92 Å². The molecular weight excluding hydrogens is 581 g/mol. The van der Waals surface area contributed by atoms with E-state index in [0.717, 1.165) is 31.9 Å². The molecule has 214 valence electrons. The number of sulfonamides is 1. The van der Waals surface area contributed by atoms with E-state index in [4.69, 9.17) is 34.8 Å². The van der Waals surface area contributed by atoms with Crippen molar-refractivity contribution in [3.63, 3.8) is 0 Å². The van der Waals surface area contributed by atoms with Gasteiger partial charge in [0.1, 0.15) is 6.04 Å². The molecule has 1 aliphatic carbocycles. The lowest BCUT2D eigenvalue weighted by atomic mass is 10.1. The Morgan fingerprint density at radius 1 is 1.08 bits per heavy atom. The molecular formula is C28H36Cl3N3O4S. The average molecular weight is 617 g/mol. The number of nitrogens with zero attached hydrogens (tertiary/aromatic N) is 2. The van der Waals surface area contributed by atoms with Gasteiger partial charge in [0.25, 0.3) is 0 Å². The lowest BCUT2D eigenvalue weighted by molar-refractivity contribution is -0.141. The maximum atomic E-state index is 13.6. The van der Waals surface area contributed by atoms with Crippen molar-refractivity contribution in [2.75, 3.05) is 17.1 Å². The summed E-state index contributed by atoms with van der Waals surface area (Å²) in [5.74, 6) is -0.444. The standard InChI is InChI=1S/C28H36Cl3N3O4S/c1-4-25(28(36)32-22-9-5-6-10-22)33(18-20-14-15-21(29)17-24(20)31)27(35)13-8-16-34(39(3,37)38)26-12-7-11-23(30)19(26)2/h7,11-12,14-15,17,22,25H,4-6,8-10,13,16,18H2,1-3H3,(H,32,36)/t25-/m1/s1. The minimum Gasteiger partial charge on any atom is -0.352 e. The third-order valence-electron chi connectivity index (χ3n) is 7.10. The number of benzene rings is 2. The molecule has 11 heteroatoms. The molecule has 0 radical (unpaired) electrons. The van der Waals surface area contributed by atoms with Gasteiger partial charge < -0.3 is 10.2 Å². The fraction of sp³-hybridized carbons (Fsp3) is 0.500. The lowest BCUT2D eigenvalue weighted by Crippen LogP contribution is -2.51. The maximum Gasteiger partial charge on any atom is 0.243 e. The van der Waals surface area contributed by atoms with Crippen LogP contribution in [0.5, 0.6) is 0 Å². The SMILES string of the molecule is CC[C@H](C(=O)NC1CCCC1)N(Cc1ccc(Cl)cc1Cl)C(=O)CCCN(c1cccc(Cl)c1C)S(C)(=O)=O.